The quantitative estimate of drug-likeness (QED) is 0.737. The second-order valence-electron chi connectivity index (χ2n) is 4.55. The molecule has 1 aromatic rings. The molecule has 0 spiro atoms. The van der Waals surface area contributed by atoms with Crippen molar-refractivity contribution < 1.29 is 14.3 Å². The maximum Gasteiger partial charge on any atom is 0.329 e. The Morgan fingerprint density at radius 2 is 2.00 bits per heavy atom. The molecule has 2 saturated heterocycles. The van der Waals surface area contributed by atoms with Crippen LogP contribution in [-0.4, -0.2) is 40.6 Å². The summed E-state index contributed by atoms with van der Waals surface area (Å²) in [6.07, 6.45) is -0.313. The first-order valence-electron chi connectivity index (χ1n) is 5.97. The lowest BCUT2D eigenvalue weighted by atomic mass is 10.2. The van der Waals surface area contributed by atoms with Crippen molar-refractivity contribution in [1.29, 1.82) is 0 Å². The van der Waals surface area contributed by atoms with E-state index in [0.717, 1.165) is 5.56 Å². The topological polar surface area (TPSA) is 49.9 Å². The highest BCUT2D eigenvalue weighted by molar-refractivity contribution is 6.04. The van der Waals surface area contributed by atoms with E-state index < -0.39 is 6.04 Å². The van der Waals surface area contributed by atoms with Gasteiger partial charge in [-0.15, -0.1) is 0 Å². The summed E-state index contributed by atoms with van der Waals surface area (Å²) in [5.41, 5.74) is 0.953. The zero-order valence-electron chi connectivity index (χ0n) is 10.1. The van der Waals surface area contributed by atoms with E-state index in [-0.39, 0.29) is 18.2 Å². The molecular weight excluding hydrogens is 232 g/mol. The van der Waals surface area contributed by atoms with Gasteiger partial charge in [-0.2, -0.15) is 0 Å². The normalized spacial score (nSPS) is 26.9. The van der Waals surface area contributed by atoms with Gasteiger partial charge in [-0.05, 0) is 12.5 Å². The fraction of sp³-hybridized carbons (Fsp3) is 0.385. The zero-order valence-corrected chi connectivity index (χ0v) is 10.1. The first kappa shape index (κ1) is 11.2. The van der Waals surface area contributed by atoms with Crippen molar-refractivity contribution in [2.75, 3.05) is 6.61 Å². The fourth-order valence-electron chi connectivity index (χ4n) is 2.45. The molecular formula is C13H14N2O3. The standard InChI is InChI=1S/C13H14N2O3/c1-9-15-11(8-18-9)12(16)14(13(15)17)7-10-5-3-2-4-6-10/h2-6,9,11H,7-8H2,1H3/t9?,11-/m1/s1. The SMILES string of the molecule is CC1OC[C@@H]2C(=O)N(Cc3ccccc3)C(=O)N12. The first-order chi connectivity index (χ1) is 8.68. The molecule has 2 heterocycles. The van der Waals surface area contributed by atoms with Crippen LogP contribution in [0.15, 0.2) is 30.3 Å². The van der Waals surface area contributed by atoms with Crippen LogP contribution in [0.3, 0.4) is 0 Å². The van der Waals surface area contributed by atoms with Crippen LogP contribution in [0, 0.1) is 0 Å². The van der Waals surface area contributed by atoms with E-state index in [1.54, 1.807) is 6.92 Å². The van der Waals surface area contributed by atoms with Crippen LogP contribution in [0.1, 0.15) is 12.5 Å². The van der Waals surface area contributed by atoms with Crippen molar-refractivity contribution in [2.45, 2.75) is 25.7 Å². The largest absolute Gasteiger partial charge is 0.356 e. The number of ether oxygens (including phenoxy) is 1. The summed E-state index contributed by atoms with van der Waals surface area (Å²) >= 11 is 0. The molecule has 3 rings (SSSR count). The highest BCUT2D eigenvalue weighted by atomic mass is 16.5. The van der Waals surface area contributed by atoms with Gasteiger partial charge in [-0.1, -0.05) is 30.3 Å². The summed E-state index contributed by atoms with van der Waals surface area (Å²) in [6.45, 7) is 2.42. The second-order valence-corrected chi connectivity index (χ2v) is 4.55. The van der Waals surface area contributed by atoms with Crippen LogP contribution < -0.4 is 0 Å². The van der Waals surface area contributed by atoms with Crippen LogP contribution in [0.25, 0.3) is 0 Å². The highest BCUT2D eigenvalue weighted by Crippen LogP contribution is 2.27. The molecule has 3 amide bonds. The molecule has 2 aliphatic rings. The number of urea groups is 1. The molecule has 0 bridgehead atoms. The predicted octanol–water partition coefficient (Wildman–Crippen LogP) is 1.20. The minimum atomic E-state index is -0.434. The van der Waals surface area contributed by atoms with E-state index in [1.165, 1.54) is 9.80 Å². The molecule has 0 radical (unpaired) electrons. The smallest absolute Gasteiger partial charge is 0.329 e. The summed E-state index contributed by atoms with van der Waals surface area (Å²) in [5, 5.41) is 0. The Kier molecular flexibility index (Phi) is 2.56. The molecule has 2 atom stereocenters. The monoisotopic (exact) mass is 246 g/mol. The van der Waals surface area contributed by atoms with Crippen LogP contribution >= 0.6 is 0 Å². The van der Waals surface area contributed by atoms with E-state index in [2.05, 4.69) is 0 Å². The van der Waals surface area contributed by atoms with Crippen molar-refractivity contribution in [1.82, 2.24) is 9.80 Å². The summed E-state index contributed by atoms with van der Waals surface area (Å²) in [5.74, 6) is -0.159. The molecule has 0 aromatic heterocycles. The van der Waals surface area contributed by atoms with Gasteiger partial charge >= 0.3 is 6.03 Å². The Bertz CT molecular complexity index is 488. The van der Waals surface area contributed by atoms with Gasteiger partial charge in [0.2, 0.25) is 0 Å². The lowest BCUT2D eigenvalue weighted by molar-refractivity contribution is -0.128. The number of hydrogen-bond donors (Lipinski definition) is 0. The van der Waals surface area contributed by atoms with Gasteiger partial charge in [0.15, 0.2) is 0 Å². The van der Waals surface area contributed by atoms with Crippen molar-refractivity contribution in [2.24, 2.45) is 0 Å². The average Bonchev–Trinajstić information content (AvgIpc) is 2.87. The Balaban J connectivity index is 1.82. The Morgan fingerprint density at radius 3 is 2.67 bits per heavy atom. The zero-order chi connectivity index (χ0) is 12.7. The molecule has 2 aliphatic heterocycles. The number of amides is 3. The molecule has 94 valence electrons. The molecule has 5 heteroatoms. The third-order valence-electron chi connectivity index (χ3n) is 3.41. The lowest BCUT2D eigenvalue weighted by Gasteiger charge is -2.19. The van der Waals surface area contributed by atoms with Gasteiger partial charge in [0.1, 0.15) is 12.3 Å². The molecule has 18 heavy (non-hydrogen) atoms. The number of carbonyl (C=O) groups is 2. The van der Waals surface area contributed by atoms with Gasteiger partial charge in [0, 0.05) is 0 Å². The molecule has 1 aromatic carbocycles. The Hall–Kier alpha value is -1.88. The van der Waals surface area contributed by atoms with E-state index in [1.807, 2.05) is 30.3 Å². The molecule has 0 saturated carbocycles. The average molecular weight is 246 g/mol. The molecule has 1 unspecified atom stereocenters. The molecule has 0 aliphatic carbocycles. The van der Waals surface area contributed by atoms with Gasteiger partial charge in [-0.3, -0.25) is 14.6 Å². The molecule has 2 fully saturated rings. The first-order valence-corrected chi connectivity index (χ1v) is 5.97. The van der Waals surface area contributed by atoms with E-state index in [9.17, 15) is 9.59 Å². The fourth-order valence-corrected chi connectivity index (χ4v) is 2.45. The van der Waals surface area contributed by atoms with E-state index in [4.69, 9.17) is 4.74 Å². The number of fused-ring (bicyclic) bond motifs is 1. The Morgan fingerprint density at radius 1 is 1.28 bits per heavy atom. The van der Waals surface area contributed by atoms with Gasteiger partial charge in [-0.25, -0.2) is 4.79 Å². The summed E-state index contributed by atoms with van der Waals surface area (Å²) < 4.78 is 5.32. The van der Waals surface area contributed by atoms with Crippen LogP contribution in [-0.2, 0) is 16.1 Å². The summed E-state index contributed by atoms with van der Waals surface area (Å²) in [4.78, 5) is 27.1. The van der Waals surface area contributed by atoms with Crippen molar-refractivity contribution in [3.05, 3.63) is 35.9 Å². The molecule has 0 N–H and O–H groups in total. The number of nitrogens with zero attached hydrogens (tertiary/aromatic N) is 2. The maximum atomic E-state index is 12.2. The van der Waals surface area contributed by atoms with E-state index in [0.29, 0.717) is 13.2 Å². The second kappa shape index (κ2) is 4.10. The van der Waals surface area contributed by atoms with Crippen molar-refractivity contribution >= 4 is 11.9 Å². The molecule has 5 nitrogen and oxygen atoms in total. The van der Waals surface area contributed by atoms with E-state index >= 15 is 0 Å². The van der Waals surface area contributed by atoms with Gasteiger partial charge < -0.3 is 4.74 Å². The number of hydrogen-bond acceptors (Lipinski definition) is 3. The van der Waals surface area contributed by atoms with Gasteiger partial charge in [0.05, 0.1) is 13.2 Å². The number of carbonyl (C=O) groups excluding carboxylic acids is 2. The van der Waals surface area contributed by atoms with Crippen LogP contribution in [0.5, 0.6) is 0 Å². The van der Waals surface area contributed by atoms with Crippen molar-refractivity contribution in [3.8, 4) is 0 Å². The minimum absolute atomic E-state index is 0.159. The Labute approximate surface area is 105 Å². The number of imide groups is 1. The van der Waals surface area contributed by atoms with Crippen LogP contribution in [0.4, 0.5) is 4.79 Å². The third kappa shape index (κ3) is 1.59. The number of benzene rings is 1. The third-order valence-corrected chi connectivity index (χ3v) is 3.41. The van der Waals surface area contributed by atoms with Crippen LogP contribution in [0.2, 0.25) is 0 Å². The van der Waals surface area contributed by atoms with Gasteiger partial charge in [0.25, 0.3) is 5.91 Å². The highest BCUT2D eigenvalue weighted by Gasteiger charge is 2.51. The van der Waals surface area contributed by atoms with Crippen molar-refractivity contribution in [3.63, 3.8) is 0 Å². The minimum Gasteiger partial charge on any atom is -0.356 e. The maximum absolute atomic E-state index is 12.2. The summed E-state index contributed by atoms with van der Waals surface area (Å²) in [7, 11) is 0. The number of rotatable bonds is 2. The lowest BCUT2D eigenvalue weighted by Crippen LogP contribution is -2.36. The predicted molar refractivity (Wildman–Crippen MR) is 63.4 cm³/mol. The summed E-state index contributed by atoms with van der Waals surface area (Å²) in [6, 6.07) is 8.83.